The van der Waals surface area contributed by atoms with Crippen LogP contribution in [0.5, 0.6) is 0 Å². The van der Waals surface area contributed by atoms with Gasteiger partial charge in [-0.25, -0.2) is 4.79 Å². The van der Waals surface area contributed by atoms with Gasteiger partial charge in [-0.3, -0.25) is 0 Å². The molecule has 20 heavy (non-hydrogen) atoms. The number of aliphatic hydroxyl groups is 1. The van der Waals surface area contributed by atoms with Gasteiger partial charge in [0, 0.05) is 0 Å². The number of hydrogen-bond donors (Lipinski definition) is 1. The van der Waals surface area contributed by atoms with Gasteiger partial charge in [0.2, 0.25) is 0 Å². The van der Waals surface area contributed by atoms with Gasteiger partial charge in [-0.05, 0) is 55.4 Å². The molecule has 3 fully saturated rings. The largest absolute Gasteiger partial charge is 0.467 e. The zero-order valence-corrected chi connectivity index (χ0v) is 11.8. The van der Waals surface area contributed by atoms with E-state index in [1.54, 1.807) is 0 Å². The standard InChI is InChI=1S/C16H21NO3/c1-20-15(19)14(18)12-2-4-13(5-3-12)16-6-9-17(10-7-16)11-8-16/h2-5,14,18H,6-11H2,1H3. The zero-order chi connectivity index (χ0) is 14.2. The second kappa shape index (κ2) is 5.19. The summed E-state index contributed by atoms with van der Waals surface area (Å²) in [5.74, 6) is -0.609. The van der Waals surface area contributed by atoms with E-state index in [0.29, 0.717) is 11.0 Å². The summed E-state index contributed by atoms with van der Waals surface area (Å²) >= 11 is 0. The maximum absolute atomic E-state index is 11.3. The monoisotopic (exact) mass is 275 g/mol. The first-order valence-electron chi connectivity index (χ1n) is 7.23. The van der Waals surface area contributed by atoms with Crippen LogP contribution < -0.4 is 0 Å². The summed E-state index contributed by atoms with van der Waals surface area (Å²) in [6, 6.07) is 7.85. The number of hydrogen-bond acceptors (Lipinski definition) is 4. The molecule has 108 valence electrons. The van der Waals surface area contributed by atoms with E-state index in [-0.39, 0.29) is 0 Å². The number of aliphatic hydroxyl groups excluding tert-OH is 1. The number of piperidine rings is 3. The highest BCUT2D eigenvalue weighted by molar-refractivity contribution is 5.76. The number of ether oxygens (including phenoxy) is 1. The van der Waals surface area contributed by atoms with Crippen molar-refractivity contribution in [2.45, 2.75) is 30.8 Å². The smallest absolute Gasteiger partial charge is 0.339 e. The van der Waals surface area contributed by atoms with Crippen molar-refractivity contribution in [2.24, 2.45) is 0 Å². The van der Waals surface area contributed by atoms with E-state index >= 15 is 0 Å². The van der Waals surface area contributed by atoms with Crippen LogP contribution >= 0.6 is 0 Å². The van der Waals surface area contributed by atoms with Gasteiger partial charge in [0.25, 0.3) is 0 Å². The van der Waals surface area contributed by atoms with Crippen LogP contribution in [0.25, 0.3) is 0 Å². The molecule has 3 saturated heterocycles. The van der Waals surface area contributed by atoms with E-state index < -0.39 is 12.1 Å². The Morgan fingerprint density at radius 3 is 2.25 bits per heavy atom. The van der Waals surface area contributed by atoms with E-state index in [0.717, 1.165) is 0 Å². The lowest BCUT2D eigenvalue weighted by molar-refractivity contribution is -0.150. The number of carbonyl (C=O) groups excluding carboxylic acids is 1. The minimum Gasteiger partial charge on any atom is -0.467 e. The van der Waals surface area contributed by atoms with Crippen LogP contribution in [-0.2, 0) is 14.9 Å². The lowest BCUT2D eigenvalue weighted by atomic mass is 9.67. The number of carbonyl (C=O) groups is 1. The van der Waals surface area contributed by atoms with Crippen LogP contribution in [0.3, 0.4) is 0 Å². The molecule has 1 aromatic rings. The highest BCUT2D eigenvalue weighted by atomic mass is 16.5. The van der Waals surface area contributed by atoms with E-state index in [1.807, 2.05) is 12.1 Å². The summed E-state index contributed by atoms with van der Waals surface area (Å²) in [6.45, 7) is 3.56. The van der Waals surface area contributed by atoms with Crippen LogP contribution in [0.15, 0.2) is 24.3 Å². The van der Waals surface area contributed by atoms with Gasteiger partial charge >= 0.3 is 5.97 Å². The Balaban J connectivity index is 1.81. The minimum atomic E-state index is -1.18. The molecule has 4 heteroatoms. The van der Waals surface area contributed by atoms with Crippen molar-refractivity contribution in [1.29, 1.82) is 0 Å². The van der Waals surface area contributed by atoms with Crippen LogP contribution in [0.4, 0.5) is 0 Å². The first kappa shape index (κ1) is 13.6. The molecule has 1 N–H and O–H groups in total. The number of esters is 1. The molecule has 3 aliphatic rings. The quantitative estimate of drug-likeness (QED) is 0.852. The molecule has 1 aromatic carbocycles. The highest BCUT2D eigenvalue weighted by Crippen LogP contribution is 2.42. The Morgan fingerprint density at radius 1 is 1.20 bits per heavy atom. The third-order valence-electron chi connectivity index (χ3n) is 4.98. The first-order valence-corrected chi connectivity index (χ1v) is 7.23. The summed E-state index contributed by atoms with van der Waals surface area (Å²) in [5, 5.41) is 9.84. The SMILES string of the molecule is COC(=O)C(O)c1ccc(C23CCN(CC2)CC3)cc1. The van der Waals surface area contributed by atoms with Crippen molar-refractivity contribution >= 4 is 5.97 Å². The lowest BCUT2D eigenvalue weighted by Gasteiger charge is -2.49. The summed E-state index contributed by atoms with van der Waals surface area (Å²) in [7, 11) is 1.29. The highest BCUT2D eigenvalue weighted by Gasteiger charge is 2.40. The first-order chi connectivity index (χ1) is 9.64. The maximum Gasteiger partial charge on any atom is 0.339 e. The minimum absolute atomic E-state index is 0.309. The van der Waals surface area contributed by atoms with Crippen molar-refractivity contribution in [1.82, 2.24) is 4.90 Å². The van der Waals surface area contributed by atoms with Crippen LogP contribution in [0, 0.1) is 0 Å². The molecule has 3 aliphatic heterocycles. The molecule has 0 spiro atoms. The van der Waals surface area contributed by atoms with E-state index in [2.05, 4.69) is 21.8 Å². The van der Waals surface area contributed by atoms with Crippen molar-refractivity contribution in [3.8, 4) is 0 Å². The molecule has 0 aromatic heterocycles. The van der Waals surface area contributed by atoms with Crippen molar-refractivity contribution in [2.75, 3.05) is 26.7 Å². The Morgan fingerprint density at radius 2 is 1.75 bits per heavy atom. The fourth-order valence-electron chi connectivity index (χ4n) is 3.53. The molecule has 4 rings (SSSR count). The third-order valence-corrected chi connectivity index (χ3v) is 4.98. The summed E-state index contributed by atoms with van der Waals surface area (Å²) in [5.41, 5.74) is 2.26. The molecular weight excluding hydrogens is 254 g/mol. The summed E-state index contributed by atoms with van der Waals surface area (Å²) in [6.07, 6.45) is 2.46. The van der Waals surface area contributed by atoms with Crippen LogP contribution in [-0.4, -0.2) is 42.7 Å². The zero-order valence-electron chi connectivity index (χ0n) is 11.8. The Labute approximate surface area is 119 Å². The number of fused-ring (bicyclic) bond motifs is 3. The van der Waals surface area contributed by atoms with Gasteiger partial charge in [-0.15, -0.1) is 0 Å². The Kier molecular flexibility index (Phi) is 3.52. The molecule has 0 radical (unpaired) electrons. The number of methoxy groups -OCH3 is 1. The second-order valence-corrected chi connectivity index (χ2v) is 5.92. The van der Waals surface area contributed by atoms with Crippen molar-refractivity contribution in [3.05, 3.63) is 35.4 Å². The van der Waals surface area contributed by atoms with Gasteiger partial charge in [0.15, 0.2) is 6.10 Å². The molecule has 0 aliphatic carbocycles. The van der Waals surface area contributed by atoms with E-state index in [9.17, 15) is 9.90 Å². The summed E-state index contributed by atoms with van der Waals surface area (Å²) < 4.78 is 4.57. The van der Waals surface area contributed by atoms with Gasteiger partial charge in [-0.1, -0.05) is 24.3 Å². The molecule has 2 bridgehead atoms. The number of nitrogens with zero attached hydrogens (tertiary/aromatic N) is 1. The Hall–Kier alpha value is -1.39. The predicted octanol–water partition coefficient (Wildman–Crippen LogP) is 1.63. The van der Waals surface area contributed by atoms with Crippen LogP contribution in [0.1, 0.15) is 36.5 Å². The molecule has 1 atom stereocenters. The third kappa shape index (κ3) is 2.23. The fraction of sp³-hybridized carbons (Fsp3) is 0.562. The number of benzene rings is 1. The molecule has 0 saturated carbocycles. The summed E-state index contributed by atoms with van der Waals surface area (Å²) in [4.78, 5) is 13.9. The molecular formula is C16H21NO3. The average Bonchev–Trinajstić information content (AvgIpc) is 2.55. The van der Waals surface area contributed by atoms with Gasteiger partial charge in [0.1, 0.15) is 0 Å². The predicted molar refractivity (Wildman–Crippen MR) is 75.4 cm³/mol. The second-order valence-electron chi connectivity index (χ2n) is 5.92. The van der Waals surface area contributed by atoms with Gasteiger partial charge < -0.3 is 14.7 Å². The van der Waals surface area contributed by atoms with Crippen LogP contribution in [0.2, 0.25) is 0 Å². The van der Waals surface area contributed by atoms with Gasteiger partial charge in [0.05, 0.1) is 7.11 Å². The topological polar surface area (TPSA) is 49.8 Å². The molecule has 3 heterocycles. The fourth-order valence-corrected chi connectivity index (χ4v) is 3.53. The van der Waals surface area contributed by atoms with E-state index in [1.165, 1.54) is 51.6 Å². The Bertz CT molecular complexity index is 475. The maximum atomic E-state index is 11.3. The van der Waals surface area contributed by atoms with Crippen molar-refractivity contribution in [3.63, 3.8) is 0 Å². The lowest BCUT2D eigenvalue weighted by Crippen LogP contribution is -2.50. The normalized spacial score (nSPS) is 30.0. The number of rotatable bonds is 3. The molecule has 1 unspecified atom stereocenters. The van der Waals surface area contributed by atoms with Gasteiger partial charge in [-0.2, -0.15) is 0 Å². The molecule has 0 amide bonds. The average molecular weight is 275 g/mol. The van der Waals surface area contributed by atoms with E-state index in [4.69, 9.17) is 0 Å². The molecule has 4 nitrogen and oxygen atoms in total. The van der Waals surface area contributed by atoms with Crippen molar-refractivity contribution < 1.29 is 14.6 Å².